The fourth-order valence-electron chi connectivity index (χ4n) is 2.63. The summed E-state index contributed by atoms with van der Waals surface area (Å²) in [5, 5.41) is 13.7. The number of anilines is 1. The lowest BCUT2D eigenvalue weighted by Crippen LogP contribution is -2.13. The molecular weight excluding hydrogens is 384 g/mol. The fourth-order valence-corrected chi connectivity index (χ4v) is 2.86. The highest BCUT2D eigenvalue weighted by atomic mass is 35.5. The summed E-state index contributed by atoms with van der Waals surface area (Å²) in [4.78, 5) is 22.6. The molecule has 0 fully saturated rings. The molecule has 7 nitrogen and oxygen atoms in total. The number of nitrogens with one attached hydrogen (secondary N) is 1. The zero-order valence-electron chi connectivity index (χ0n) is 15.2. The number of aryl methyl sites for hydroxylation is 2. The number of carbonyl (C=O) groups excluding carboxylic acids is 1. The Morgan fingerprint density at radius 1 is 1.18 bits per heavy atom. The number of ether oxygens (including phenoxy) is 1. The van der Waals surface area contributed by atoms with E-state index in [0.29, 0.717) is 5.76 Å². The van der Waals surface area contributed by atoms with E-state index in [4.69, 9.17) is 20.8 Å². The van der Waals surface area contributed by atoms with E-state index in [1.54, 1.807) is 12.1 Å². The first-order valence-electron chi connectivity index (χ1n) is 8.38. The molecule has 3 rings (SSSR count). The first kappa shape index (κ1) is 19.4. The van der Waals surface area contributed by atoms with Crippen LogP contribution in [-0.4, -0.2) is 10.8 Å². The molecule has 0 bridgehead atoms. The molecule has 1 aromatic heterocycles. The lowest BCUT2D eigenvalue weighted by Gasteiger charge is -2.10. The van der Waals surface area contributed by atoms with E-state index in [2.05, 4.69) is 5.32 Å². The van der Waals surface area contributed by atoms with Gasteiger partial charge in [0.2, 0.25) is 0 Å². The summed E-state index contributed by atoms with van der Waals surface area (Å²) >= 11 is 5.99. The number of nitro benzene ring substituents is 1. The molecule has 0 aliphatic carbocycles. The minimum absolute atomic E-state index is 0.0220. The van der Waals surface area contributed by atoms with Gasteiger partial charge in [0.15, 0.2) is 5.76 Å². The van der Waals surface area contributed by atoms with Crippen molar-refractivity contribution < 1.29 is 18.9 Å². The Balaban J connectivity index is 1.66. The van der Waals surface area contributed by atoms with Crippen molar-refractivity contribution in [2.24, 2.45) is 0 Å². The van der Waals surface area contributed by atoms with E-state index in [1.165, 1.54) is 18.2 Å². The Kier molecular flexibility index (Phi) is 5.65. The van der Waals surface area contributed by atoms with E-state index >= 15 is 0 Å². The smallest absolute Gasteiger partial charge is 0.291 e. The summed E-state index contributed by atoms with van der Waals surface area (Å²) < 4.78 is 11.1. The number of para-hydroxylation sites is 1. The zero-order valence-corrected chi connectivity index (χ0v) is 15.9. The lowest BCUT2D eigenvalue weighted by atomic mass is 10.1. The summed E-state index contributed by atoms with van der Waals surface area (Å²) in [5.41, 5.74) is 2.53. The van der Waals surface area contributed by atoms with Crippen molar-refractivity contribution in [3.8, 4) is 5.75 Å². The summed E-state index contributed by atoms with van der Waals surface area (Å²) in [6, 6.07) is 12.9. The second-order valence-electron chi connectivity index (χ2n) is 6.15. The highest BCUT2D eigenvalue weighted by Crippen LogP contribution is 2.29. The number of benzene rings is 2. The molecule has 0 spiro atoms. The van der Waals surface area contributed by atoms with Gasteiger partial charge in [-0.05, 0) is 43.2 Å². The third-order valence-electron chi connectivity index (χ3n) is 4.10. The van der Waals surface area contributed by atoms with Crippen LogP contribution in [0.25, 0.3) is 0 Å². The van der Waals surface area contributed by atoms with Gasteiger partial charge in [0.05, 0.1) is 9.95 Å². The van der Waals surface area contributed by atoms with Gasteiger partial charge in [0, 0.05) is 17.8 Å². The van der Waals surface area contributed by atoms with Crippen LogP contribution in [0, 0.1) is 24.0 Å². The molecule has 0 aliphatic rings. The predicted molar refractivity (Wildman–Crippen MR) is 105 cm³/mol. The Bertz CT molecular complexity index is 1020. The van der Waals surface area contributed by atoms with Crippen LogP contribution in [0.2, 0.25) is 5.02 Å². The monoisotopic (exact) mass is 400 g/mol. The fraction of sp³-hybridized carbons (Fsp3) is 0.150. The predicted octanol–water partition coefficient (Wildman–Crippen LogP) is 5.29. The molecule has 0 unspecified atom stereocenters. The van der Waals surface area contributed by atoms with Crippen LogP contribution in [0.5, 0.6) is 5.75 Å². The molecule has 0 radical (unpaired) electrons. The number of hydrogen-bond acceptors (Lipinski definition) is 5. The summed E-state index contributed by atoms with van der Waals surface area (Å²) in [7, 11) is 0. The molecule has 1 heterocycles. The largest absolute Gasteiger partial charge is 0.484 e. The lowest BCUT2D eigenvalue weighted by molar-refractivity contribution is -0.384. The molecular formula is C20H17ClN2O5. The highest BCUT2D eigenvalue weighted by Gasteiger charge is 2.15. The Morgan fingerprint density at radius 3 is 2.54 bits per heavy atom. The molecule has 1 amide bonds. The average Bonchev–Trinajstić information content (AvgIpc) is 3.12. The topological polar surface area (TPSA) is 94.6 Å². The van der Waals surface area contributed by atoms with Crippen molar-refractivity contribution in [3.63, 3.8) is 0 Å². The SMILES string of the molecule is Cc1cccc(C)c1NC(=O)c1ccc(COc2ccc([N+](=O)[O-])cc2Cl)o1. The quantitative estimate of drug-likeness (QED) is 0.448. The second kappa shape index (κ2) is 8.14. The van der Waals surface area contributed by atoms with Gasteiger partial charge in [-0.3, -0.25) is 14.9 Å². The number of hydrogen-bond donors (Lipinski definition) is 1. The highest BCUT2D eigenvalue weighted by molar-refractivity contribution is 6.32. The third-order valence-corrected chi connectivity index (χ3v) is 4.40. The van der Waals surface area contributed by atoms with Crippen LogP contribution < -0.4 is 10.1 Å². The number of carbonyl (C=O) groups is 1. The molecule has 2 aromatic carbocycles. The molecule has 0 saturated carbocycles. The number of furan rings is 1. The van der Waals surface area contributed by atoms with Gasteiger partial charge in [-0.15, -0.1) is 0 Å². The maximum Gasteiger partial charge on any atom is 0.291 e. The van der Waals surface area contributed by atoms with Crippen LogP contribution in [-0.2, 0) is 6.61 Å². The number of rotatable bonds is 6. The Morgan fingerprint density at radius 2 is 1.89 bits per heavy atom. The van der Waals surface area contributed by atoms with Crippen molar-refractivity contribution in [2.75, 3.05) is 5.32 Å². The van der Waals surface area contributed by atoms with Crippen LogP contribution in [0.15, 0.2) is 52.9 Å². The molecule has 0 saturated heterocycles. The average molecular weight is 401 g/mol. The van der Waals surface area contributed by atoms with Crippen LogP contribution in [0.1, 0.15) is 27.4 Å². The molecule has 3 aromatic rings. The van der Waals surface area contributed by atoms with Gasteiger partial charge >= 0.3 is 0 Å². The van der Waals surface area contributed by atoms with Crippen LogP contribution >= 0.6 is 11.6 Å². The first-order chi connectivity index (χ1) is 13.3. The van der Waals surface area contributed by atoms with Crippen molar-refractivity contribution >= 4 is 28.9 Å². The van der Waals surface area contributed by atoms with Crippen LogP contribution in [0.4, 0.5) is 11.4 Å². The van der Waals surface area contributed by atoms with Crippen LogP contribution in [0.3, 0.4) is 0 Å². The minimum atomic E-state index is -0.538. The zero-order chi connectivity index (χ0) is 20.3. The van der Waals surface area contributed by atoms with Gasteiger partial charge < -0.3 is 14.5 Å². The standard InChI is InChI=1S/C20H17ClN2O5/c1-12-4-3-5-13(2)19(12)22-20(24)18-9-7-15(28-18)11-27-17-8-6-14(23(25)26)10-16(17)21/h3-10H,11H2,1-2H3,(H,22,24). The summed E-state index contributed by atoms with van der Waals surface area (Å²) in [6.07, 6.45) is 0. The molecule has 28 heavy (non-hydrogen) atoms. The maximum atomic E-state index is 12.4. The Labute approximate surface area is 166 Å². The van der Waals surface area contributed by atoms with E-state index in [1.807, 2.05) is 32.0 Å². The van der Waals surface area contributed by atoms with Gasteiger partial charge in [-0.2, -0.15) is 0 Å². The van der Waals surface area contributed by atoms with Crippen molar-refractivity contribution in [1.82, 2.24) is 0 Å². The van der Waals surface area contributed by atoms with E-state index < -0.39 is 4.92 Å². The molecule has 0 aliphatic heterocycles. The normalized spacial score (nSPS) is 10.5. The van der Waals surface area contributed by atoms with E-state index in [0.717, 1.165) is 16.8 Å². The van der Waals surface area contributed by atoms with E-state index in [-0.39, 0.29) is 34.7 Å². The first-order valence-corrected chi connectivity index (χ1v) is 8.76. The minimum Gasteiger partial charge on any atom is -0.484 e. The molecule has 1 N–H and O–H groups in total. The molecule has 144 valence electrons. The van der Waals surface area contributed by atoms with Gasteiger partial charge in [0.25, 0.3) is 11.6 Å². The number of halogens is 1. The molecule has 8 heteroatoms. The molecule has 0 atom stereocenters. The van der Waals surface area contributed by atoms with Gasteiger partial charge in [0.1, 0.15) is 18.1 Å². The Hall–Kier alpha value is -3.32. The number of nitrogens with zero attached hydrogens (tertiary/aromatic N) is 1. The summed E-state index contributed by atoms with van der Waals surface area (Å²) in [6.45, 7) is 3.85. The number of nitro groups is 1. The van der Waals surface area contributed by atoms with Crippen molar-refractivity contribution in [1.29, 1.82) is 0 Å². The second-order valence-corrected chi connectivity index (χ2v) is 6.55. The van der Waals surface area contributed by atoms with Gasteiger partial charge in [-0.25, -0.2) is 0 Å². The summed E-state index contributed by atoms with van der Waals surface area (Å²) in [5.74, 6) is 0.486. The van der Waals surface area contributed by atoms with Crippen molar-refractivity contribution in [3.05, 3.63) is 86.3 Å². The maximum absolute atomic E-state index is 12.4. The third kappa shape index (κ3) is 4.32. The number of non-ortho nitro benzene ring substituents is 1. The van der Waals surface area contributed by atoms with Crippen molar-refractivity contribution in [2.45, 2.75) is 20.5 Å². The number of amides is 1. The van der Waals surface area contributed by atoms with E-state index in [9.17, 15) is 14.9 Å². The van der Waals surface area contributed by atoms with Gasteiger partial charge in [-0.1, -0.05) is 29.8 Å².